The lowest BCUT2D eigenvalue weighted by Crippen LogP contribution is -2.36. The third kappa shape index (κ3) is 7.19. The number of aromatic nitrogens is 2. The van der Waals surface area contributed by atoms with Crippen molar-refractivity contribution < 1.29 is 9.18 Å². The minimum atomic E-state index is -0.244. The summed E-state index contributed by atoms with van der Waals surface area (Å²) < 4.78 is 17.5. The van der Waals surface area contributed by atoms with Crippen molar-refractivity contribution in [3.05, 3.63) is 41.5 Å². The lowest BCUT2D eigenvalue weighted by atomic mass is 10.1. The lowest BCUT2D eigenvalue weighted by molar-refractivity contribution is -0.120. The molecule has 1 aromatic heterocycles. The SMILES string of the molecule is CCCCCNC(=O)CCN(c1nc(Cc2ccc(F)cc2)ns1)C(C)CC. The fourth-order valence-electron chi connectivity index (χ4n) is 2.86. The van der Waals surface area contributed by atoms with E-state index in [1.165, 1.54) is 23.7 Å². The van der Waals surface area contributed by atoms with Crippen molar-refractivity contribution >= 4 is 22.6 Å². The van der Waals surface area contributed by atoms with E-state index in [2.05, 4.69) is 40.3 Å². The fraction of sp³-hybridized carbons (Fsp3) is 0.571. The molecule has 0 aliphatic carbocycles. The molecule has 0 saturated carbocycles. The second kappa shape index (κ2) is 11.7. The zero-order valence-electron chi connectivity index (χ0n) is 17.1. The average molecular weight is 407 g/mol. The quantitative estimate of drug-likeness (QED) is 0.525. The van der Waals surface area contributed by atoms with Gasteiger partial charge < -0.3 is 10.2 Å². The number of halogens is 1. The molecular formula is C21H31FN4OS. The highest BCUT2D eigenvalue weighted by Gasteiger charge is 2.19. The first-order valence-electron chi connectivity index (χ1n) is 10.1. The summed E-state index contributed by atoms with van der Waals surface area (Å²) in [5.41, 5.74) is 0.979. The summed E-state index contributed by atoms with van der Waals surface area (Å²) in [6.45, 7) is 7.79. The summed E-state index contributed by atoms with van der Waals surface area (Å²) in [6.07, 6.45) is 5.30. The third-order valence-electron chi connectivity index (χ3n) is 4.78. The van der Waals surface area contributed by atoms with Crippen LogP contribution in [0.4, 0.5) is 9.52 Å². The van der Waals surface area contributed by atoms with E-state index in [9.17, 15) is 9.18 Å². The number of carbonyl (C=O) groups excluding carboxylic acids is 1. The molecular weight excluding hydrogens is 375 g/mol. The molecule has 2 rings (SSSR count). The molecule has 0 spiro atoms. The van der Waals surface area contributed by atoms with Crippen LogP contribution in [0.1, 0.15) is 64.3 Å². The molecule has 0 aliphatic heterocycles. The molecule has 28 heavy (non-hydrogen) atoms. The Hall–Kier alpha value is -2.02. The molecule has 7 heteroatoms. The van der Waals surface area contributed by atoms with Crippen LogP contribution in [0.2, 0.25) is 0 Å². The number of unbranched alkanes of at least 4 members (excludes halogenated alkanes) is 2. The lowest BCUT2D eigenvalue weighted by Gasteiger charge is -2.27. The van der Waals surface area contributed by atoms with Crippen LogP contribution in [-0.4, -0.2) is 34.4 Å². The molecule has 1 aromatic carbocycles. The van der Waals surface area contributed by atoms with Gasteiger partial charge in [-0.05, 0) is 37.5 Å². The van der Waals surface area contributed by atoms with Gasteiger partial charge in [-0.15, -0.1) is 0 Å². The summed E-state index contributed by atoms with van der Waals surface area (Å²) in [5, 5.41) is 3.83. The van der Waals surface area contributed by atoms with Crippen LogP contribution in [0, 0.1) is 5.82 Å². The Balaban J connectivity index is 1.94. The smallest absolute Gasteiger partial charge is 0.221 e. The Labute approximate surface area is 171 Å². The van der Waals surface area contributed by atoms with Gasteiger partial charge in [0.25, 0.3) is 0 Å². The predicted molar refractivity (Wildman–Crippen MR) is 113 cm³/mol. The number of hydrogen-bond donors (Lipinski definition) is 1. The summed E-state index contributed by atoms with van der Waals surface area (Å²) in [7, 11) is 0. The van der Waals surface area contributed by atoms with Gasteiger partial charge in [0.15, 0.2) is 0 Å². The Morgan fingerprint density at radius 1 is 1.25 bits per heavy atom. The van der Waals surface area contributed by atoms with Gasteiger partial charge in [0.2, 0.25) is 11.0 Å². The van der Waals surface area contributed by atoms with Gasteiger partial charge in [-0.1, -0.05) is 38.8 Å². The van der Waals surface area contributed by atoms with E-state index in [0.717, 1.165) is 48.7 Å². The molecule has 1 N–H and O–H groups in total. The highest BCUT2D eigenvalue weighted by molar-refractivity contribution is 7.09. The van der Waals surface area contributed by atoms with Crippen LogP contribution in [0.25, 0.3) is 0 Å². The monoisotopic (exact) mass is 406 g/mol. The summed E-state index contributed by atoms with van der Waals surface area (Å²) in [6, 6.07) is 6.69. The molecule has 0 fully saturated rings. The maximum Gasteiger partial charge on any atom is 0.221 e. The molecule has 0 aliphatic rings. The molecule has 1 unspecified atom stereocenters. The van der Waals surface area contributed by atoms with E-state index in [0.29, 0.717) is 19.4 Å². The maximum atomic E-state index is 13.1. The van der Waals surface area contributed by atoms with Crippen LogP contribution in [-0.2, 0) is 11.2 Å². The van der Waals surface area contributed by atoms with Crippen molar-refractivity contribution in [1.82, 2.24) is 14.7 Å². The Morgan fingerprint density at radius 2 is 2.00 bits per heavy atom. The first-order chi connectivity index (χ1) is 13.5. The summed E-state index contributed by atoms with van der Waals surface area (Å²) in [5.74, 6) is 0.566. The van der Waals surface area contributed by atoms with Crippen molar-refractivity contribution in [2.75, 3.05) is 18.0 Å². The summed E-state index contributed by atoms with van der Waals surface area (Å²) in [4.78, 5) is 19.0. The summed E-state index contributed by atoms with van der Waals surface area (Å²) >= 11 is 1.36. The van der Waals surface area contributed by atoms with E-state index in [1.54, 1.807) is 12.1 Å². The topological polar surface area (TPSA) is 58.1 Å². The second-order valence-corrected chi connectivity index (χ2v) is 7.78. The standard InChI is InChI=1S/C21H31FN4OS/c1-4-6-7-13-23-20(27)12-14-26(16(3)5-2)21-24-19(25-28-21)15-17-8-10-18(22)11-9-17/h8-11,16H,4-7,12-15H2,1-3H3,(H,23,27). The zero-order chi connectivity index (χ0) is 20.4. The van der Waals surface area contributed by atoms with Crippen molar-refractivity contribution in [2.45, 2.75) is 65.3 Å². The van der Waals surface area contributed by atoms with Crippen LogP contribution in [0.15, 0.2) is 24.3 Å². The molecule has 1 atom stereocenters. The maximum absolute atomic E-state index is 13.1. The van der Waals surface area contributed by atoms with Gasteiger partial charge in [0, 0.05) is 43.5 Å². The largest absolute Gasteiger partial charge is 0.356 e. The minimum Gasteiger partial charge on any atom is -0.356 e. The molecule has 5 nitrogen and oxygen atoms in total. The molecule has 154 valence electrons. The number of benzene rings is 1. The molecule has 0 radical (unpaired) electrons. The zero-order valence-corrected chi connectivity index (χ0v) is 17.9. The van der Waals surface area contributed by atoms with Gasteiger partial charge >= 0.3 is 0 Å². The molecule has 1 amide bonds. The van der Waals surface area contributed by atoms with Gasteiger partial charge in [-0.3, -0.25) is 4.79 Å². The molecule has 1 heterocycles. The average Bonchev–Trinajstić information content (AvgIpc) is 3.15. The Morgan fingerprint density at radius 3 is 2.68 bits per heavy atom. The van der Waals surface area contributed by atoms with Crippen molar-refractivity contribution in [3.63, 3.8) is 0 Å². The molecule has 2 aromatic rings. The highest BCUT2D eigenvalue weighted by Crippen LogP contribution is 2.22. The van der Waals surface area contributed by atoms with E-state index < -0.39 is 0 Å². The minimum absolute atomic E-state index is 0.0838. The number of amides is 1. The van der Waals surface area contributed by atoms with Gasteiger partial charge in [0.05, 0.1) is 0 Å². The first kappa shape index (κ1) is 22.3. The van der Waals surface area contributed by atoms with E-state index in [1.807, 2.05) is 0 Å². The number of rotatable bonds is 12. The van der Waals surface area contributed by atoms with E-state index >= 15 is 0 Å². The Bertz CT molecular complexity index is 719. The number of nitrogens with zero attached hydrogens (tertiary/aromatic N) is 3. The normalized spacial score (nSPS) is 12.0. The first-order valence-corrected chi connectivity index (χ1v) is 10.9. The van der Waals surface area contributed by atoms with Gasteiger partial charge in [-0.25, -0.2) is 9.37 Å². The number of hydrogen-bond acceptors (Lipinski definition) is 5. The van der Waals surface area contributed by atoms with Crippen LogP contribution >= 0.6 is 11.5 Å². The number of anilines is 1. The van der Waals surface area contributed by atoms with Crippen LogP contribution in [0.5, 0.6) is 0 Å². The van der Waals surface area contributed by atoms with Gasteiger partial charge in [-0.2, -0.15) is 4.37 Å². The molecule has 0 saturated heterocycles. The van der Waals surface area contributed by atoms with E-state index in [4.69, 9.17) is 0 Å². The highest BCUT2D eigenvalue weighted by atomic mass is 32.1. The van der Waals surface area contributed by atoms with Gasteiger partial charge in [0.1, 0.15) is 11.6 Å². The third-order valence-corrected chi connectivity index (χ3v) is 5.57. The Kier molecular flexibility index (Phi) is 9.34. The molecule has 0 bridgehead atoms. The second-order valence-electron chi connectivity index (χ2n) is 7.05. The predicted octanol–water partition coefficient (Wildman–Crippen LogP) is 4.57. The van der Waals surface area contributed by atoms with E-state index in [-0.39, 0.29) is 17.8 Å². The fourth-order valence-corrected chi connectivity index (χ4v) is 3.67. The van der Waals surface area contributed by atoms with Crippen molar-refractivity contribution in [2.24, 2.45) is 0 Å². The van der Waals surface area contributed by atoms with Crippen molar-refractivity contribution in [1.29, 1.82) is 0 Å². The van der Waals surface area contributed by atoms with Crippen LogP contribution < -0.4 is 10.2 Å². The number of nitrogens with one attached hydrogen (secondary N) is 1. The van der Waals surface area contributed by atoms with Crippen LogP contribution in [0.3, 0.4) is 0 Å². The number of carbonyl (C=O) groups is 1. The van der Waals surface area contributed by atoms with Crippen molar-refractivity contribution in [3.8, 4) is 0 Å².